The fourth-order valence-electron chi connectivity index (χ4n) is 0.941. The summed E-state index contributed by atoms with van der Waals surface area (Å²) in [4.78, 5) is 3.77. The van der Waals surface area contributed by atoms with Gasteiger partial charge in [0.1, 0.15) is 6.10 Å². The van der Waals surface area contributed by atoms with Crippen LogP contribution in [0.1, 0.15) is 0 Å². The predicted molar refractivity (Wildman–Crippen MR) is 35.9 cm³/mol. The minimum absolute atomic E-state index is 0.165. The maximum atomic E-state index is 9.14. The molecule has 0 aliphatic carbocycles. The van der Waals surface area contributed by atoms with Crippen molar-refractivity contribution in [1.29, 1.82) is 0 Å². The molecule has 1 rings (SSSR count). The molecule has 10 heavy (non-hydrogen) atoms. The second kappa shape index (κ2) is 3.09. The van der Waals surface area contributed by atoms with E-state index < -0.39 is 18.1 Å². The molecule has 3 atom stereocenters. The Bertz CT molecular complexity index is 137. The first kappa shape index (κ1) is 7.65. The quantitative estimate of drug-likeness (QED) is 0.416. The van der Waals surface area contributed by atoms with Gasteiger partial charge in [0.2, 0.25) is 0 Å². The number of aliphatic hydroxyl groups excluding tert-OH is 3. The molecule has 0 unspecified atom stereocenters. The Morgan fingerprint density at radius 2 is 2.20 bits per heavy atom. The predicted octanol–water partition coefficient (Wildman–Crippen LogP) is -1.60. The van der Waals surface area contributed by atoms with Gasteiger partial charge in [-0.2, -0.15) is 0 Å². The number of aliphatic hydroxyl groups is 3. The Kier molecular flexibility index (Phi) is 2.37. The zero-order chi connectivity index (χ0) is 7.56. The number of aliphatic imine (C=N–C) groups is 1. The molecule has 0 spiro atoms. The molecule has 0 aromatic rings. The minimum atomic E-state index is -0.859. The Labute approximate surface area is 58.8 Å². The van der Waals surface area contributed by atoms with E-state index in [0.29, 0.717) is 0 Å². The van der Waals surface area contributed by atoms with Crippen molar-refractivity contribution in [2.75, 3.05) is 13.2 Å². The lowest BCUT2D eigenvalue weighted by molar-refractivity contribution is -0.0117. The number of hydrogen-bond acceptors (Lipinski definition) is 4. The molecule has 4 heteroatoms. The fraction of sp³-hybridized carbons (Fsp3) is 0.833. The van der Waals surface area contributed by atoms with Crippen molar-refractivity contribution in [2.24, 2.45) is 10.9 Å². The van der Waals surface area contributed by atoms with Crippen LogP contribution in [0.2, 0.25) is 0 Å². The van der Waals surface area contributed by atoms with Gasteiger partial charge in [0.15, 0.2) is 0 Å². The van der Waals surface area contributed by atoms with Crippen LogP contribution >= 0.6 is 0 Å². The zero-order valence-corrected chi connectivity index (χ0v) is 5.51. The van der Waals surface area contributed by atoms with Crippen molar-refractivity contribution in [3.8, 4) is 0 Å². The Hall–Kier alpha value is -0.450. The normalized spacial score (nSPS) is 40.1. The lowest BCUT2D eigenvalue weighted by Crippen LogP contribution is -2.41. The molecule has 1 aliphatic heterocycles. The fourth-order valence-corrected chi connectivity index (χ4v) is 0.941. The van der Waals surface area contributed by atoms with Crippen molar-refractivity contribution < 1.29 is 15.3 Å². The molecular weight excluding hydrogens is 134 g/mol. The highest BCUT2D eigenvalue weighted by Gasteiger charge is 2.26. The van der Waals surface area contributed by atoms with E-state index in [2.05, 4.69) is 4.99 Å². The molecule has 0 radical (unpaired) electrons. The van der Waals surface area contributed by atoms with Gasteiger partial charge in [0, 0.05) is 12.1 Å². The van der Waals surface area contributed by atoms with Gasteiger partial charge >= 0.3 is 0 Å². The second-order valence-corrected chi connectivity index (χ2v) is 2.42. The minimum Gasteiger partial charge on any atom is -0.396 e. The number of rotatable bonds is 1. The molecule has 0 saturated carbocycles. The van der Waals surface area contributed by atoms with Crippen molar-refractivity contribution >= 4 is 6.21 Å². The highest BCUT2D eigenvalue weighted by atomic mass is 16.3. The summed E-state index contributed by atoms with van der Waals surface area (Å²) in [6.07, 6.45) is -0.193. The average Bonchev–Trinajstić information content (AvgIpc) is 1.95. The highest BCUT2D eigenvalue weighted by Crippen LogP contribution is 2.10. The highest BCUT2D eigenvalue weighted by molar-refractivity contribution is 5.62. The third-order valence-electron chi connectivity index (χ3n) is 1.63. The van der Waals surface area contributed by atoms with Gasteiger partial charge in [0.25, 0.3) is 0 Å². The van der Waals surface area contributed by atoms with Gasteiger partial charge in [-0.25, -0.2) is 0 Å². The van der Waals surface area contributed by atoms with Crippen molar-refractivity contribution in [1.82, 2.24) is 0 Å². The molecule has 58 valence electrons. The summed E-state index contributed by atoms with van der Waals surface area (Å²) >= 11 is 0. The second-order valence-electron chi connectivity index (χ2n) is 2.42. The first-order chi connectivity index (χ1) is 4.75. The smallest absolute Gasteiger partial charge is 0.100 e. The first-order valence-electron chi connectivity index (χ1n) is 3.22. The first-order valence-corrected chi connectivity index (χ1v) is 3.22. The Morgan fingerprint density at radius 3 is 2.70 bits per heavy atom. The summed E-state index contributed by atoms with van der Waals surface area (Å²) in [6, 6.07) is 0. The molecule has 1 heterocycles. The molecule has 4 nitrogen and oxygen atoms in total. The van der Waals surface area contributed by atoms with E-state index in [1.54, 1.807) is 0 Å². The van der Waals surface area contributed by atoms with Crippen LogP contribution in [0.15, 0.2) is 4.99 Å². The van der Waals surface area contributed by atoms with E-state index in [1.807, 2.05) is 0 Å². The van der Waals surface area contributed by atoms with Crippen LogP contribution in [-0.4, -0.2) is 46.9 Å². The molecule has 0 aromatic heterocycles. The molecule has 0 bridgehead atoms. The van der Waals surface area contributed by atoms with Crippen LogP contribution in [0.25, 0.3) is 0 Å². The van der Waals surface area contributed by atoms with Crippen LogP contribution in [0.3, 0.4) is 0 Å². The Morgan fingerprint density at radius 1 is 1.50 bits per heavy atom. The maximum absolute atomic E-state index is 9.14. The van der Waals surface area contributed by atoms with E-state index in [4.69, 9.17) is 15.3 Å². The molecule has 0 amide bonds. The molecular formula is C6H11NO3. The summed E-state index contributed by atoms with van der Waals surface area (Å²) in [5, 5.41) is 26.8. The SMILES string of the molecule is OC[C@H]1C=NC[C@@H](O)[C@@H]1O. The zero-order valence-electron chi connectivity index (χ0n) is 5.51. The third kappa shape index (κ3) is 1.34. The van der Waals surface area contributed by atoms with E-state index in [0.717, 1.165) is 0 Å². The lowest BCUT2D eigenvalue weighted by Gasteiger charge is -2.24. The van der Waals surface area contributed by atoms with Gasteiger partial charge in [-0.05, 0) is 0 Å². The summed E-state index contributed by atoms with van der Waals surface area (Å²) in [5.74, 6) is -0.399. The maximum Gasteiger partial charge on any atom is 0.100 e. The molecule has 3 N–H and O–H groups in total. The molecule has 1 aliphatic rings. The van der Waals surface area contributed by atoms with Gasteiger partial charge in [-0.15, -0.1) is 0 Å². The van der Waals surface area contributed by atoms with E-state index >= 15 is 0 Å². The van der Waals surface area contributed by atoms with E-state index in [9.17, 15) is 0 Å². The van der Waals surface area contributed by atoms with Crippen molar-refractivity contribution in [3.63, 3.8) is 0 Å². The van der Waals surface area contributed by atoms with Crippen LogP contribution in [0.4, 0.5) is 0 Å². The van der Waals surface area contributed by atoms with E-state index in [-0.39, 0.29) is 13.2 Å². The third-order valence-corrected chi connectivity index (χ3v) is 1.63. The van der Waals surface area contributed by atoms with Gasteiger partial charge < -0.3 is 15.3 Å². The largest absolute Gasteiger partial charge is 0.396 e. The molecule has 0 fully saturated rings. The monoisotopic (exact) mass is 145 g/mol. The van der Waals surface area contributed by atoms with Gasteiger partial charge in [-0.1, -0.05) is 0 Å². The van der Waals surface area contributed by atoms with Crippen LogP contribution < -0.4 is 0 Å². The van der Waals surface area contributed by atoms with Gasteiger partial charge in [-0.3, -0.25) is 4.99 Å². The molecule has 0 saturated heterocycles. The summed E-state index contributed by atoms with van der Waals surface area (Å²) in [7, 11) is 0. The van der Waals surface area contributed by atoms with E-state index in [1.165, 1.54) is 6.21 Å². The van der Waals surface area contributed by atoms with Crippen molar-refractivity contribution in [2.45, 2.75) is 12.2 Å². The lowest BCUT2D eigenvalue weighted by atomic mass is 9.97. The van der Waals surface area contributed by atoms with Gasteiger partial charge in [0.05, 0.1) is 19.3 Å². The molecule has 0 aromatic carbocycles. The summed E-state index contributed by atoms with van der Waals surface area (Å²) < 4.78 is 0. The summed E-state index contributed by atoms with van der Waals surface area (Å²) in [5.41, 5.74) is 0. The standard InChI is InChI=1S/C6H11NO3/c8-3-4-1-7-2-5(9)6(4)10/h1,4-6,8-10H,2-3H2/t4-,5-,6-/m1/s1. The van der Waals surface area contributed by atoms with Crippen molar-refractivity contribution in [3.05, 3.63) is 0 Å². The van der Waals surface area contributed by atoms with Crippen LogP contribution in [-0.2, 0) is 0 Å². The topological polar surface area (TPSA) is 73.1 Å². The summed E-state index contributed by atoms with van der Waals surface area (Å²) in [6.45, 7) is 0.0688. The number of nitrogens with zero attached hydrogens (tertiary/aromatic N) is 1. The van der Waals surface area contributed by atoms with Crippen LogP contribution in [0, 0.1) is 5.92 Å². The average molecular weight is 145 g/mol. The Balaban J connectivity index is 2.57. The van der Waals surface area contributed by atoms with Crippen LogP contribution in [0.5, 0.6) is 0 Å². The number of hydrogen-bond donors (Lipinski definition) is 3.